The molecule has 4 saturated carbocycles. The molecule has 6 aliphatic rings. The van der Waals surface area contributed by atoms with Crippen LogP contribution in [0.5, 0.6) is 0 Å². The molecule has 63 heavy (non-hydrogen) atoms. The number of aromatic nitrogens is 1. The third-order valence-electron chi connectivity index (χ3n) is 15.0. The molecule has 0 unspecified atom stereocenters. The summed E-state index contributed by atoms with van der Waals surface area (Å²) in [4.78, 5) is 60.3. The number of nitrogens with one attached hydrogen (secondary N) is 3. The van der Waals surface area contributed by atoms with Crippen LogP contribution in [0.25, 0.3) is 0 Å². The van der Waals surface area contributed by atoms with Gasteiger partial charge in [-0.05, 0) is 54.9 Å². The highest BCUT2D eigenvalue weighted by Crippen LogP contribution is 2.90. The number of H-pyrrole nitrogens is 1. The van der Waals surface area contributed by atoms with Gasteiger partial charge in [0, 0.05) is 18.0 Å². The van der Waals surface area contributed by atoms with Crippen molar-refractivity contribution in [1.29, 1.82) is 0 Å². The second kappa shape index (κ2) is 15.1. The lowest BCUT2D eigenvalue weighted by molar-refractivity contribution is -0.390. The van der Waals surface area contributed by atoms with Crippen LogP contribution in [0.4, 0.5) is 9.59 Å². The molecule has 9 rings (SSSR count). The molecule has 4 aliphatic carbocycles. The van der Waals surface area contributed by atoms with Gasteiger partial charge in [-0.1, -0.05) is 88.4 Å². The van der Waals surface area contributed by atoms with Crippen molar-refractivity contribution < 1.29 is 68.4 Å². The fourth-order valence-corrected chi connectivity index (χ4v) is 12.0. The van der Waals surface area contributed by atoms with Gasteiger partial charge in [-0.25, -0.2) is 14.4 Å². The summed E-state index contributed by atoms with van der Waals surface area (Å²) in [6.07, 6.45) is -4.85. The quantitative estimate of drug-likeness (QED) is 0.0596. The minimum Gasteiger partial charge on any atom is -0.459 e. The summed E-state index contributed by atoms with van der Waals surface area (Å²) >= 11 is 0. The van der Waals surface area contributed by atoms with E-state index in [1.54, 1.807) is 87.5 Å². The molecule has 2 aromatic carbocycles. The number of carbonyl (C=O) groups excluding carboxylic acids is 4. The van der Waals surface area contributed by atoms with Crippen LogP contribution in [0.1, 0.15) is 81.9 Å². The van der Waals surface area contributed by atoms with Gasteiger partial charge in [-0.15, -0.1) is 0 Å². The Hall–Kier alpha value is -5.37. The average molecular weight is 875 g/mol. The minimum absolute atomic E-state index is 0.0139. The number of rotatable bonds is 11. The number of carbonyl (C=O) groups is 4. The zero-order chi connectivity index (χ0) is 45.4. The summed E-state index contributed by atoms with van der Waals surface area (Å²) in [6.45, 7) is 7.07. The van der Waals surface area contributed by atoms with Gasteiger partial charge in [0.15, 0.2) is 17.5 Å². The van der Waals surface area contributed by atoms with Gasteiger partial charge in [-0.3, -0.25) is 20.4 Å². The van der Waals surface area contributed by atoms with Gasteiger partial charge in [0.25, 0.3) is 0 Å². The van der Waals surface area contributed by atoms with Crippen LogP contribution in [0.15, 0.2) is 84.0 Å². The minimum atomic E-state index is -2.83. The third kappa shape index (κ3) is 5.74. The van der Waals surface area contributed by atoms with Crippen LogP contribution >= 0.6 is 0 Å². The van der Waals surface area contributed by atoms with Crippen LogP contribution in [0, 0.1) is 22.7 Å². The molecule has 2 saturated heterocycles. The lowest BCUT2D eigenvalue weighted by Gasteiger charge is -2.61. The maximum absolute atomic E-state index is 14.0. The molecule has 1 spiro atoms. The van der Waals surface area contributed by atoms with Gasteiger partial charge >= 0.3 is 24.1 Å². The van der Waals surface area contributed by atoms with Crippen molar-refractivity contribution in [2.24, 2.45) is 27.7 Å². The van der Waals surface area contributed by atoms with Crippen LogP contribution in [-0.2, 0) is 41.7 Å². The van der Waals surface area contributed by atoms with E-state index in [4.69, 9.17) is 23.7 Å². The lowest BCUT2D eigenvalue weighted by Crippen LogP contribution is -2.75. The first-order chi connectivity index (χ1) is 29.7. The number of aromatic amines is 1. The smallest absolute Gasteiger partial charge is 0.414 e. The Morgan fingerprint density at radius 1 is 0.857 bits per heavy atom. The zero-order valence-corrected chi connectivity index (χ0v) is 35.6. The summed E-state index contributed by atoms with van der Waals surface area (Å²) in [7, 11) is 0. The average Bonchev–Trinajstić information content (AvgIpc) is 3.88. The molecule has 2 amide bonds. The number of ether oxygens (including phenoxy) is 5. The Bertz CT molecular complexity index is 2240. The van der Waals surface area contributed by atoms with Gasteiger partial charge in [-0.2, -0.15) is 0 Å². The molecule has 18 heteroatoms. The molecule has 2 aliphatic heterocycles. The number of hydrogen-bond donors (Lipinski definition) is 8. The van der Waals surface area contributed by atoms with E-state index < -0.39 is 112 Å². The van der Waals surface area contributed by atoms with Crippen molar-refractivity contribution >= 4 is 30.1 Å². The van der Waals surface area contributed by atoms with Gasteiger partial charge in [0.2, 0.25) is 5.96 Å². The Morgan fingerprint density at radius 2 is 1.44 bits per heavy atom. The number of benzene rings is 2. The molecule has 1 aromatic heterocycles. The molecule has 8 N–H and O–H groups in total. The standard InChI is InChI=1S/C45H54N4O14/c1-26(2)42(56)34(62-33(51)30-17-12-21-46-30)43(57)38(4)25-41(55)39(42,5)45(43,58)44(63-41)32(27(3)18-20-40(38,44)54)61-31(50)19-22-47-35(48-36(52)59-23-28-13-8-6-9-14-28)49-37(53)60-24-29-15-10-7-11-16-29/h6-17,21,26-27,32,34,46,54-58H,18-20,22-25H2,1-5H3,(H2,47,48,49,52,53)/t27-,32+,34+,38-,39-,40-,41-,42+,43+,44+,45+/m0/s1. The maximum Gasteiger partial charge on any atom is 0.414 e. The van der Waals surface area contributed by atoms with E-state index in [2.05, 4.69) is 20.6 Å². The summed E-state index contributed by atoms with van der Waals surface area (Å²) in [5.74, 6) is -6.36. The van der Waals surface area contributed by atoms with Gasteiger partial charge in [0.05, 0.1) is 18.4 Å². The number of esters is 2. The van der Waals surface area contributed by atoms with Crippen LogP contribution in [0.3, 0.4) is 0 Å². The van der Waals surface area contributed by atoms with E-state index in [1.165, 1.54) is 26.1 Å². The monoisotopic (exact) mass is 874 g/mol. The Morgan fingerprint density at radius 3 is 1.98 bits per heavy atom. The maximum atomic E-state index is 14.0. The fourth-order valence-electron chi connectivity index (χ4n) is 12.0. The number of aliphatic hydroxyl groups is 5. The summed E-state index contributed by atoms with van der Waals surface area (Å²) in [6, 6.07) is 20.7. The van der Waals surface area contributed by atoms with Crippen molar-refractivity contribution in [3.05, 3.63) is 95.8 Å². The molecule has 338 valence electrons. The van der Waals surface area contributed by atoms with Crippen LogP contribution < -0.4 is 10.6 Å². The van der Waals surface area contributed by atoms with E-state index in [9.17, 15) is 44.7 Å². The number of guanidine groups is 1. The summed E-state index contributed by atoms with van der Waals surface area (Å²) in [5, 5.41) is 70.5. The van der Waals surface area contributed by atoms with Crippen molar-refractivity contribution in [2.75, 3.05) is 6.54 Å². The molecule has 11 atom stereocenters. The van der Waals surface area contributed by atoms with E-state index in [-0.39, 0.29) is 38.3 Å². The molecule has 3 aromatic rings. The fraction of sp³-hybridized carbons (Fsp3) is 0.533. The van der Waals surface area contributed by atoms with Crippen molar-refractivity contribution in [2.45, 2.75) is 120 Å². The molecule has 6 fully saturated rings. The summed E-state index contributed by atoms with van der Waals surface area (Å²) in [5.41, 5.74) is -15.5. The first kappa shape index (κ1) is 44.2. The van der Waals surface area contributed by atoms with Crippen molar-refractivity contribution in [3.63, 3.8) is 0 Å². The molecule has 18 nitrogen and oxygen atoms in total. The number of nitrogens with zero attached hydrogens (tertiary/aromatic N) is 1. The largest absolute Gasteiger partial charge is 0.459 e. The van der Waals surface area contributed by atoms with Crippen molar-refractivity contribution in [1.82, 2.24) is 15.6 Å². The van der Waals surface area contributed by atoms with Gasteiger partial charge in [0.1, 0.15) is 47.4 Å². The molecular formula is C45H54N4O14. The Kier molecular flexibility index (Phi) is 10.6. The topological polar surface area (TPSA) is 268 Å². The number of aliphatic imine (C=N–C) groups is 1. The molecular weight excluding hydrogens is 821 g/mol. The predicted molar refractivity (Wildman–Crippen MR) is 219 cm³/mol. The highest BCUT2D eigenvalue weighted by Gasteiger charge is 3.10. The normalized spacial score (nSPS) is 37.8. The van der Waals surface area contributed by atoms with Crippen molar-refractivity contribution in [3.8, 4) is 0 Å². The number of hydrogen-bond acceptors (Lipinski definition) is 15. The van der Waals surface area contributed by atoms with Crippen LogP contribution in [-0.4, -0.2) is 113 Å². The molecule has 0 radical (unpaired) electrons. The van der Waals surface area contributed by atoms with Crippen LogP contribution in [0.2, 0.25) is 0 Å². The highest BCUT2D eigenvalue weighted by molar-refractivity contribution is 6.01. The molecule has 3 heterocycles. The third-order valence-corrected chi connectivity index (χ3v) is 15.0. The van der Waals surface area contributed by atoms with E-state index in [1.807, 2.05) is 0 Å². The SMILES string of the molecule is CC(C)[C@@]1(O)[C@@H](OC(=O)c2ccc[nH]2)[C@@]2(O)[C@@]3(C)C[C@]4(O)O[C@@]5([C@H](OC(=O)CCN=C(NC(=O)OCc6ccccc6)NC(=O)OCc6ccccc6)[C@@H](C)CC[C@]35O)[C@@]2(O)[C@]14C. The second-order valence-electron chi connectivity index (χ2n) is 18.2. The summed E-state index contributed by atoms with van der Waals surface area (Å²) < 4.78 is 29.3. The first-order valence-corrected chi connectivity index (χ1v) is 21.1. The lowest BCUT2D eigenvalue weighted by atomic mass is 9.52. The number of alkyl carbamates (subject to hydrolysis) is 2. The van der Waals surface area contributed by atoms with Gasteiger partial charge < -0.3 is 54.2 Å². The predicted octanol–water partition coefficient (Wildman–Crippen LogP) is 2.96. The molecule has 6 bridgehead atoms. The Balaban J connectivity index is 1.07. The van der Waals surface area contributed by atoms with E-state index in [0.29, 0.717) is 11.1 Å². The first-order valence-electron chi connectivity index (χ1n) is 21.1. The van der Waals surface area contributed by atoms with E-state index in [0.717, 1.165) is 0 Å². The number of amides is 2. The highest BCUT2D eigenvalue weighted by atomic mass is 16.7. The van der Waals surface area contributed by atoms with E-state index >= 15 is 0 Å². The zero-order valence-electron chi connectivity index (χ0n) is 35.6. The second-order valence-corrected chi connectivity index (χ2v) is 18.2. The Labute approximate surface area is 362 Å².